The Morgan fingerprint density at radius 2 is 1.77 bits per heavy atom. The van der Waals surface area contributed by atoms with E-state index in [4.69, 9.17) is 9.47 Å². The van der Waals surface area contributed by atoms with Crippen LogP contribution in [0.15, 0.2) is 54.6 Å². The molecule has 2 aromatic rings. The van der Waals surface area contributed by atoms with Crippen molar-refractivity contribution in [1.82, 2.24) is 10.2 Å². The Labute approximate surface area is 174 Å². The number of amides is 1. The van der Waals surface area contributed by atoms with Crippen molar-refractivity contribution in [2.45, 2.75) is 12.1 Å². The average Bonchev–Trinajstić information content (AvgIpc) is 3.12. The van der Waals surface area contributed by atoms with Crippen LogP contribution < -0.4 is 10.2 Å². The second-order valence-corrected chi connectivity index (χ2v) is 7.40. The van der Waals surface area contributed by atoms with Gasteiger partial charge < -0.3 is 19.7 Å². The average molecular weight is 413 g/mol. The van der Waals surface area contributed by atoms with Gasteiger partial charge in [-0.2, -0.15) is 0 Å². The first-order chi connectivity index (χ1) is 14.6. The van der Waals surface area contributed by atoms with E-state index in [0.717, 1.165) is 26.2 Å². The van der Waals surface area contributed by atoms with E-state index in [0.29, 0.717) is 6.54 Å². The molecule has 2 heterocycles. The van der Waals surface area contributed by atoms with Crippen molar-refractivity contribution in [2.24, 2.45) is 0 Å². The molecule has 0 spiro atoms. The van der Waals surface area contributed by atoms with Crippen molar-refractivity contribution in [2.75, 3.05) is 44.2 Å². The van der Waals surface area contributed by atoms with Crippen LogP contribution in [0.25, 0.3) is 0 Å². The van der Waals surface area contributed by atoms with E-state index in [1.54, 1.807) is 6.07 Å². The normalized spacial score (nSPS) is 21.8. The number of esters is 1. The van der Waals surface area contributed by atoms with Gasteiger partial charge in [-0.25, -0.2) is 14.0 Å². The Kier molecular flexibility index (Phi) is 6.13. The Balaban J connectivity index is 1.29. The topological polar surface area (TPSA) is 71.1 Å². The molecule has 30 heavy (non-hydrogen) atoms. The Bertz CT molecular complexity index is 887. The summed E-state index contributed by atoms with van der Waals surface area (Å²) in [5.41, 5.74) is 1.07. The molecule has 8 heteroatoms. The number of ether oxygens (including phenoxy) is 2. The van der Waals surface area contributed by atoms with E-state index in [-0.39, 0.29) is 18.2 Å². The number of hydrogen-bond donors (Lipinski definition) is 1. The number of alkyl carbamates (subject to hydrolysis) is 1. The molecule has 0 saturated carbocycles. The van der Waals surface area contributed by atoms with E-state index in [1.807, 2.05) is 18.2 Å². The zero-order chi connectivity index (χ0) is 20.9. The number of carbonyl (C=O) groups is 2. The van der Waals surface area contributed by atoms with Gasteiger partial charge in [-0.3, -0.25) is 4.90 Å². The molecule has 158 valence electrons. The maximum Gasteiger partial charge on any atom is 0.408 e. The summed E-state index contributed by atoms with van der Waals surface area (Å²) in [4.78, 5) is 28.5. The van der Waals surface area contributed by atoms with Gasteiger partial charge in [0, 0.05) is 38.4 Å². The molecule has 0 aromatic heterocycles. The Morgan fingerprint density at radius 1 is 1.07 bits per heavy atom. The lowest BCUT2D eigenvalue weighted by molar-refractivity contribution is 0.0224. The van der Waals surface area contributed by atoms with Gasteiger partial charge in [0.05, 0.1) is 11.6 Å². The van der Waals surface area contributed by atoms with Crippen LogP contribution in [0.3, 0.4) is 0 Å². The minimum absolute atomic E-state index is 0.124. The first-order valence-electron chi connectivity index (χ1n) is 10.0. The molecule has 0 radical (unpaired) electrons. The highest BCUT2D eigenvalue weighted by Crippen LogP contribution is 2.18. The van der Waals surface area contributed by atoms with Crippen LogP contribution in [-0.2, 0) is 9.47 Å². The number of halogens is 1. The molecule has 2 aliphatic rings. The summed E-state index contributed by atoms with van der Waals surface area (Å²) in [6.07, 6.45) is -1.14. The van der Waals surface area contributed by atoms with Gasteiger partial charge in [0.25, 0.3) is 0 Å². The molecule has 7 nitrogen and oxygen atoms in total. The van der Waals surface area contributed by atoms with Gasteiger partial charge in [0.2, 0.25) is 0 Å². The number of cyclic esters (lactones) is 1. The quantitative estimate of drug-likeness (QED) is 0.733. The van der Waals surface area contributed by atoms with Gasteiger partial charge in [0.1, 0.15) is 12.4 Å². The number of anilines is 1. The molecule has 2 aromatic carbocycles. The molecule has 0 aliphatic carbocycles. The third-order valence-electron chi connectivity index (χ3n) is 5.43. The maximum atomic E-state index is 13.7. The fourth-order valence-electron chi connectivity index (χ4n) is 3.78. The SMILES string of the molecule is O=C1N[C@H](CN2CCN(c3ccccc3)CC2)[C@@H](COC(=O)c2ccccc2F)O1. The number of benzene rings is 2. The second kappa shape index (κ2) is 9.13. The fourth-order valence-corrected chi connectivity index (χ4v) is 3.78. The molecule has 0 unspecified atom stereocenters. The van der Waals surface area contributed by atoms with Crippen LogP contribution in [0.2, 0.25) is 0 Å². The zero-order valence-electron chi connectivity index (χ0n) is 16.5. The predicted molar refractivity (Wildman–Crippen MR) is 109 cm³/mol. The summed E-state index contributed by atoms with van der Waals surface area (Å²) in [6, 6.07) is 15.6. The summed E-state index contributed by atoms with van der Waals surface area (Å²) in [7, 11) is 0. The van der Waals surface area contributed by atoms with Crippen molar-refractivity contribution >= 4 is 17.7 Å². The maximum absolute atomic E-state index is 13.7. The Hall–Kier alpha value is -3.13. The zero-order valence-corrected chi connectivity index (χ0v) is 16.5. The van der Waals surface area contributed by atoms with Gasteiger partial charge in [-0.15, -0.1) is 0 Å². The summed E-state index contributed by atoms with van der Waals surface area (Å²) in [5, 5.41) is 2.79. The second-order valence-electron chi connectivity index (χ2n) is 7.40. The molecule has 0 bridgehead atoms. The first kappa shape index (κ1) is 20.2. The molecule has 4 rings (SSSR count). The van der Waals surface area contributed by atoms with Crippen molar-refractivity contribution in [3.8, 4) is 0 Å². The van der Waals surface area contributed by atoms with Gasteiger partial charge >= 0.3 is 12.1 Å². The van der Waals surface area contributed by atoms with Crippen molar-refractivity contribution in [3.63, 3.8) is 0 Å². The van der Waals surface area contributed by atoms with E-state index >= 15 is 0 Å². The molecule has 1 amide bonds. The minimum atomic E-state index is -0.772. The van der Waals surface area contributed by atoms with Crippen LogP contribution >= 0.6 is 0 Å². The molecule has 1 N–H and O–H groups in total. The summed E-state index contributed by atoms with van der Waals surface area (Å²) >= 11 is 0. The molecule has 2 fully saturated rings. The monoisotopic (exact) mass is 413 g/mol. The van der Waals surface area contributed by atoms with Crippen LogP contribution in [0.1, 0.15) is 10.4 Å². The highest BCUT2D eigenvalue weighted by atomic mass is 19.1. The van der Waals surface area contributed by atoms with Crippen molar-refractivity contribution in [1.29, 1.82) is 0 Å². The standard InChI is InChI=1S/C22H24FN3O4/c23-18-9-5-4-8-17(18)21(27)29-15-20-19(24-22(28)30-20)14-25-10-12-26(13-11-25)16-6-2-1-3-7-16/h1-9,19-20H,10-15H2,(H,24,28)/t19-,20-/m1/s1. The minimum Gasteiger partial charge on any atom is -0.458 e. The predicted octanol–water partition coefficient (Wildman–Crippen LogP) is 2.28. The number of rotatable bonds is 6. The Morgan fingerprint density at radius 3 is 2.50 bits per heavy atom. The number of nitrogens with zero attached hydrogens (tertiary/aromatic N) is 2. The first-order valence-corrected chi connectivity index (χ1v) is 10.0. The summed E-state index contributed by atoms with van der Waals surface area (Å²) in [5.74, 6) is -1.41. The summed E-state index contributed by atoms with van der Waals surface area (Å²) < 4.78 is 24.2. The highest BCUT2D eigenvalue weighted by molar-refractivity contribution is 5.89. The third-order valence-corrected chi connectivity index (χ3v) is 5.43. The van der Waals surface area contributed by atoms with Crippen LogP contribution in [0.5, 0.6) is 0 Å². The summed E-state index contributed by atoms with van der Waals surface area (Å²) in [6.45, 7) is 3.94. The van der Waals surface area contributed by atoms with E-state index in [1.165, 1.54) is 23.9 Å². The molecule has 2 saturated heterocycles. The van der Waals surface area contributed by atoms with Crippen molar-refractivity contribution < 1.29 is 23.5 Å². The van der Waals surface area contributed by atoms with Crippen LogP contribution in [0, 0.1) is 5.82 Å². The van der Waals surface area contributed by atoms with Crippen LogP contribution in [0.4, 0.5) is 14.9 Å². The number of hydrogen-bond acceptors (Lipinski definition) is 6. The molecular weight excluding hydrogens is 389 g/mol. The molecule has 2 aliphatic heterocycles. The molecular formula is C22H24FN3O4. The number of para-hydroxylation sites is 1. The number of piperazine rings is 1. The van der Waals surface area contributed by atoms with Crippen LogP contribution in [-0.4, -0.2) is 68.4 Å². The fraction of sp³-hybridized carbons (Fsp3) is 0.364. The van der Waals surface area contributed by atoms with E-state index in [9.17, 15) is 14.0 Å². The smallest absolute Gasteiger partial charge is 0.408 e. The van der Waals surface area contributed by atoms with Gasteiger partial charge in [-0.05, 0) is 24.3 Å². The lowest BCUT2D eigenvalue weighted by Crippen LogP contribution is -2.52. The third kappa shape index (κ3) is 4.71. The van der Waals surface area contributed by atoms with E-state index in [2.05, 4.69) is 27.2 Å². The number of nitrogens with one attached hydrogen (secondary N) is 1. The number of carbonyl (C=O) groups excluding carboxylic acids is 2. The van der Waals surface area contributed by atoms with E-state index < -0.39 is 24.0 Å². The highest BCUT2D eigenvalue weighted by Gasteiger charge is 2.37. The van der Waals surface area contributed by atoms with Gasteiger partial charge in [-0.1, -0.05) is 30.3 Å². The van der Waals surface area contributed by atoms with Gasteiger partial charge in [0.15, 0.2) is 6.10 Å². The lowest BCUT2D eigenvalue weighted by Gasteiger charge is -2.37. The lowest BCUT2D eigenvalue weighted by atomic mass is 10.1. The molecule has 2 atom stereocenters. The van der Waals surface area contributed by atoms with Crippen molar-refractivity contribution in [3.05, 3.63) is 66.0 Å². The largest absolute Gasteiger partial charge is 0.458 e.